The van der Waals surface area contributed by atoms with Crippen LogP contribution in [0.15, 0.2) is 0 Å². The predicted molar refractivity (Wildman–Crippen MR) is 81.5 cm³/mol. The highest BCUT2D eigenvalue weighted by atomic mass is 32.2. The van der Waals surface area contributed by atoms with Gasteiger partial charge in [-0.1, -0.05) is 13.8 Å². The Balaban J connectivity index is 1.60. The third-order valence-corrected chi connectivity index (χ3v) is 5.34. The predicted octanol–water partition coefficient (Wildman–Crippen LogP) is 0.739. The lowest BCUT2D eigenvalue weighted by atomic mass is 10.0. The Morgan fingerprint density at radius 3 is 2.47 bits per heavy atom. The average molecular weight is 285 g/mol. The number of amides is 1. The number of carbonyl (C=O) groups is 1. The molecule has 0 aromatic carbocycles. The first kappa shape index (κ1) is 15.1. The van der Waals surface area contributed by atoms with Crippen LogP contribution in [0.5, 0.6) is 0 Å². The zero-order valence-corrected chi connectivity index (χ0v) is 13.0. The van der Waals surface area contributed by atoms with E-state index in [0.717, 1.165) is 51.6 Å². The summed E-state index contributed by atoms with van der Waals surface area (Å²) in [6.45, 7) is 11.8. The molecule has 2 rings (SSSR count). The van der Waals surface area contributed by atoms with E-state index in [9.17, 15) is 4.79 Å². The molecular weight excluding hydrogens is 258 g/mol. The van der Waals surface area contributed by atoms with Crippen LogP contribution < -0.4 is 5.32 Å². The van der Waals surface area contributed by atoms with Gasteiger partial charge in [-0.2, -0.15) is 11.8 Å². The van der Waals surface area contributed by atoms with Crippen molar-refractivity contribution in [2.45, 2.75) is 13.8 Å². The molecule has 2 aliphatic rings. The van der Waals surface area contributed by atoms with Crippen molar-refractivity contribution in [2.75, 3.05) is 57.3 Å². The summed E-state index contributed by atoms with van der Waals surface area (Å²) in [6, 6.07) is 0. The minimum atomic E-state index is 0.346. The Morgan fingerprint density at radius 2 is 1.89 bits per heavy atom. The molecule has 2 aliphatic heterocycles. The van der Waals surface area contributed by atoms with Gasteiger partial charge in [0.05, 0.1) is 5.75 Å². The standard InChI is InChI=1S/C14H27N3OS/c1-3-16(4-2)5-6-19-11-14(18)17-9-12-7-15-8-13(12)10-17/h12-13,15H,3-11H2,1-2H3/t12-,13+. The number of rotatable bonds is 7. The van der Waals surface area contributed by atoms with Crippen molar-refractivity contribution >= 4 is 17.7 Å². The van der Waals surface area contributed by atoms with Crippen LogP contribution in [0.4, 0.5) is 0 Å². The molecule has 5 heteroatoms. The van der Waals surface area contributed by atoms with Gasteiger partial charge < -0.3 is 15.1 Å². The van der Waals surface area contributed by atoms with Crippen LogP contribution in [0.3, 0.4) is 0 Å². The SMILES string of the molecule is CCN(CC)CCSCC(=O)N1C[C@H]2CNC[C@H]2C1. The quantitative estimate of drug-likeness (QED) is 0.700. The van der Waals surface area contributed by atoms with Crippen LogP contribution in [0.1, 0.15) is 13.8 Å². The summed E-state index contributed by atoms with van der Waals surface area (Å²) >= 11 is 1.79. The van der Waals surface area contributed by atoms with Crippen LogP contribution >= 0.6 is 11.8 Å². The van der Waals surface area contributed by atoms with Crippen molar-refractivity contribution in [3.05, 3.63) is 0 Å². The van der Waals surface area contributed by atoms with Crippen LogP contribution in [0, 0.1) is 11.8 Å². The van der Waals surface area contributed by atoms with Crippen molar-refractivity contribution in [1.82, 2.24) is 15.1 Å². The second kappa shape index (κ2) is 7.50. The van der Waals surface area contributed by atoms with Gasteiger partial charge >= 0.3 is 0 Å². The summed E-state index contributed by atoms with van der Waals surface area (Å²) in [5.41, 5.74) is 0. The van der Waals surface area contributed by atoms with Gasteiger partial charge in [0.1, 0.15) is 0 Å². The Morgan fingerprint density at radius 1 is 1.26 bits per heavy atom. The highest BCUT2D eigenvalue weighted by Crippen LogP contribution is 2.26. The molecule has 0 saturated carbocycles. The van der Waals surface area contributed by atoms with Gasteiger partial charge in [0.25, 0.3) is 0 Å². The lowest BCUT2D eigenvalue weighted by molar-refractivity contribution is -0.127. The molecule has 2 saturated heterocycles. The summed E-state index contributed by atoms with van der Waals surface area (Å²) in [6.07, 6.45) is 0. The molecule has 0 aliphatic carbocycles. The number of hydrogen-bond donors (Lipinski definition) is 1. The molecule has 1 N–H and O–H groups in total. The number of fused-ring (bicyclic) bond motifs is 1. The van der Waals surface area contributed by atoms with E-state index in [1.165, 1.54) is 0 Å². The normalized spacial score (nSPS) is 26.2. The fourth-order valence-corrected chi connectivity index (χ4v) is 3.93. The van der Waals surface area contributed by atoms with Crippen molar-refractivity contribution in [3.8, 4) is 0 Å². The average Bonchev–Trinajstić information content (AvgIpc) is 2.99. The molecule has 0 aromatic rings. The second-order valence-electron chi connectivity index (χ2n) is 5.56. The molecule has 19 heavy (non-hydrogen) atoms. The molecule has 2 heterocycles. The van der Waals surface area contributed by atoms with Gasteiger partial charge in [0, 0.05) is 38.5 Å². The van der Waals surface area contributed by atoms with E-state index in [1.54, 1.807) is 11.8 Å². The van der Waals surface area contributed by atoms with Gasteiger partial charge in [-0.25, -0.2) is 0 Å². The van der Waals surface area contributed by atoms with E-state index in [0.29, 0.717) is 23.5 Å². The maximum absolute atomic E-state index is 12.1. The smallest absolute Gasteiger partial charge is 0.232 e. The molecule has 2 fully saturated rings. The molecule has 4 nitrogen and oxygen atoms in total. The number of likely N-dealkylation sites (tertiary alicyclic amines) is 1. The highest BCUT2D eigenvalue weighted by molar-refractivity contribution is 7.99. The van der Waals surface area contributed by atoms with E-state index >= 15 is 0 Å². The first-order chi connectivity index (χ1) is 9.24. The zero-order chi connectivity index (χ0) is 13.7. The minimum absolute atomic E-state index is 0.346. The maximum atomic E-state index is 12.1. The molecule has 0 bridgehead atoms. The summed E-state index contributed by atoms with van der Waals surface area (Å²) in [7, 11) is 0. The minimum Gasteiger partial charge on any atom is -0.341 e. The van der Waals surface area contributed by atoms with Gasteiger partial charge in [-0.3, -0.25) is 4.79 Å². The van der Waals surface area contributed by atoms with E-state index in [1.807, 2.05) is 0 Å². The second-order valence-corrected chi connectivity index (χ2v) is 6.66. The van der Waals surface area contributed by atoms with Crippen LogP contribution in [0.25, 0.3) is 0 Å². The molecule has 0 spiro atoms. The van der Waals surface area contributed by atoms with Crippen molar-refractivity contribution in [1.29, 1.82) is 0 Å². The number of nitrogens with zero attached hydrogens (tertiary/aromatic N) is 2. The number of hydrogen-bond acceptors (Lipinski definition) is 4. The van der Waals surface area contributed by atoms with Gasteiger partial charge in [-0.05, 0) is 24.9 Å². The molecule has 110 valence electrons. The molecule has 1 amide bonds. The number of nitrogens with one attached hydrogen (secondary N) is 1. The maximum Gasteiger partial charge on any atom is 0.232 e. The summed E-state index contributed by atoms with van der Waals surface area (Å²) in [5, 5.41) is 3.41. The monoisotopic (exact) mass is 285 g/mol. The summed E-state index contributed by atoms with van der Waals surface area (Å²) in [5.74, 6) is 3.50. The largest absolute Gasteiger partial charge is 0.341 e. The zero-order valence-electron chi connectivity index (χ0n) is 12.2. The fourth-order valence-electron chi connectivity index (χ4n) is 3.04. The van der Waals surface area contributed by atoms with Crippen LogP contribution in [-0.4, -0.2) is 73.0 Å². The highest BCUT2D eigenvalue weighted by Gasteiger charge is 2.37. The van der Waals surface area contributed by atoms with E-state index in [4.69, 9.17) is 0 Å². The molecule has 2 atom stereocenters. The van der Waals surface area contributed by atoms with Crippen LogP contribution in [-0.2, 0) is 4.79 Å². The molecule has 0 radical (unpaired) electrons. The van der Waals surface area contributed by atoms with E-state index < -0.39 is 0 Å². The Labute approximate surface area is 121 Å². The summed E-state index contributed by atoms with van der Waals surface area (Å²) in [4.78, 5) is 16.6. The topological polar surface area (TPSA) is 35.6 Å². The first-order valence-corrected chi connectivity index (χ1v) is 8.68. The Bertz CT molecular complexity index is 284. The van der Waals surface area contributed by atoms with Crippen molar-refractivity contribution in [3.63, 3.8) is 0 Å². The van der Waals surface area contributed by atoms with E-state index in [2.05, 4.69) is 29.0 Å². The lowest BCUT2D eigenvalue weighted by Gasteiger charge is -2.19. The first-order valence-electron chi connectivity index (χ1n) is 7.53. The number of thioether (sulfide) groups is 1. The van der Waals surface area contributed by atoms with Gasteiger partial charge in [0.15, 0.2) is 0 Å². The van der Waals surface area contributed by atoms with Crippen LogP contribution in [0.2, 0.25) is 0 Å². The van der Waals surface area contributed by atoms with Gasteiger partial charge in [-0.15, -0.1) is 0 Å². The fraction of sp³-hybridized carbons (Fsp3) is 0.929. The molecule has 0 aromatic heterocycles. The Kier molecular flexibility index (Phi) is 5.98. The van der Waals surface area contributed by atoms with Crippen molar-refractivity contribution in [2.24, 2.45) is 11.8 Å². The third kappa shape index (κ3) is 4.10. The number of carbonyl (C=O) groups excluding carboxylic acids is 1. The Hall–Kier alpha value is -0.260. The van der Waals surface area contributed by atoms with E-state index in [-0.39, 0.29) is 0 Å². The van der Waals surface area contributed by atoms with Gasteiger partial charge in [0.2, 0.25) is 5.91 Å². The lowest BCUT2D eigenvalue weighted by Crippen LogP contribution is -2.33. The summed E-state index contributed by atoms with van der Waals surface area (Å²) < 4.78 is 0. The molecular formula is C14H27N3OS. The molecule has 0 unspecified atom stereocenters. The third-order valence-electron chi connectivity index (χ3n) is 4.41. The van der Waals surface area contributed by atoms with Crippen molar-refractivity contribution < 1.29 is 4.79 Å².